The SMILES string of the molecule is CCc1nn(C)c(CC(NN)c2cccc(F)c2Cl)c1Br. The van der Waals surface area contributed by atoms with Gasteiger partial charge in [-0.05, 0) is 34.0 Å². The summed E-state index contributed by atoms with van der Waals surface area (Å²) in [6, 6.07) is 4.41. The van der Waals surface area contributed by atoms with Gasteiger partial charge in [-0.25, -0.2) is 4.39 Å². The lowest BCUT2D eigenvalue weighted by molar-refractivity contribution is 0.524. The number of halogens is 3. The molecule has 0 aliphatic heterocycles. The summed E-state index contributed by atoms with van der Waals surface area (Å²) in [4.78, 5) is 0. The summed E-state index contributed by atoms with van der Waals surface area (Å²) in [5.41, 5.74) is 5.30. The van der Waals surface area contributed by atoms with Gasteiger partial charge in [0.15, 0.2) is 0 Å². The van der Waals surface area contributed by atoms with Crippen LogP contribution in [0.1, 0.15) is 29.9 Å². The minimum absolute atomic E-state index is 0.0921. The van der Waals surface area contributed by atoms with Gasteiger partial charge in [-0.2, -0.15) is 5.10 Å². The fourth-order valence-corrected chi connectivity index (χ4v) is 3.32. The highest BCUT2D eigenvalue weighted by Crippen LogP contribution is 2.30. The number of nitrogens with zero attached hydrogens (tertiary/aromatic N) is 2. The Balaban J connectivity index is 2.36. The second kappa shape index (κ2) is 6.87. The summed E-state index contributed by atoms with van der Waals surface area (Å²) >= 11 is 9.61. The van der Waals surface area contributed by atoms with E-state index < -0.39 is 5.82 Å². The number of hydrogen-bond acceptors (Lipinski definition) is 3. The molecule has 2 rings (SSSR count). The number of nitrogens with two attached hydrogens (primary N) is 1. The van der Waals surface area contributed by atoms with E-state index in [0.29, 0.717) is 12.0 Å². The number of hydrazine groups is 1. The summed E-state index contributed by atoms with van der Waals surface area (Å²) in [5, 5.41) is 4.54. The van der Waals surface area contributed by atoms with E-state index in [1.807, 2.05) is 14.0 Å². The number of nitrogens with one attached hydrogen (secondary N) is 1. The van der Waals surface area contributed by atoms with E-state index in [-0.39, 0.29) is 11.1 Å². The highest BCUT2D eigenvalue weighted by atomic mass is 79.9. The summed E-state index contributed by atoms with van der Waals surface area (Å²) in [7, 11) is 1.88. The summed E-state index contributed by atoms with van der Waals surface area (Å²) in [6.45, 7) is 2.04. The monoisotopic (exact) mass is 374 g/mol. The van der Waals surface area contributed by atoms with E-state index in [2.05, 4.69) is 26.5 Å². The first-order chi connectivity index (χ1) is 9.99. The molecule has 1 heterocycles. The van der Waals surface area contributed by atoms with E-state index in [1.54, 1.807) is 16.8 Å². The molecule has 0 aliphatic rings. The number of benzene rings is 1. The highest BCUT2D eigenvalue weighted by molar-refractivity contribution is 9.10. The summed E-state index contributed by atoms with van der Waals surface area (Å²) in [5.74, 6) is 5.18. The van der Waals surface area contributed by atoms with Crippen LogP contribution in [-0.2, 0) is 19.9 Å². The Hall–Kier alpha value is -0.950. The van der Waals surface area contributed by atoms with Gasteiger partial charge in [0.05, 0.1) is 26.9 Å². The van der Waals surface area contributed by atoms with Crippen LogP contribution in [0.4, 0.5) is 4.39 Å². The Morgan fingerprint density at radius 3 is 2.81 bits per heavy atom. The second-order valence-corrected chi connectivity index (χ2v) is 5.92. The van der Waals surface area contributed by atoms with Gasteiger partial charge in [0, 0.05) is 13.5 Å². The summed E-state index contributed by atoms with van der Waals surface area (Å²) in [6.07, 6.45) is 1.37. The molecule has 0 aliphatic carbocycles. The Kier molecular flexibility index (Phi) is 5.37. The molecule has 114 valence electrons. The minimum Gasteiger partial charge on any atom is -0.271 e. The average Bonchev–Trinajstić information content (AvgIpc) is 2.74. The molecule has 0 spiro atoms. The first kappa shape index (κ1) is 16.4. The maximum atomic E-state index is 13.6. The van der Waals surface area contributed by atoms with E-state index in [0.717, 1.165) is 22.3 Å². The fourth-order valence-electron chi connectivity index (χ4n) is 2.28. The lowest BCUT2D eigenvalue weighted by atomic mass is 10.0. The molecule has 1 aromatic heterocycles. The standard InChI is InChI=1S/C14H17BrClFN4/c1-3-10-13(15)12(21(2)20-10)7-11(19-18)8-5-4-6-9(17)14(8)16/h4-6,11,19H,3,7,18H2,1-2H3. The Labute approximate surface area is 136 Å². The maximum absolute atomic E-state index is 13.6. The molecular formula is C14H17BrClFN4. The smallest absolute Gasteiger partial charge is 0.142 e. The normalized spacial score (nSPS) is 12.7. The molecule has 3 N–H and O–H groups in total. The van der Waals surface area contributed by atoms with E-state index in [9.17, 15) is 4.39 Å². The van der Waals surface area contributed by atoms with E-state index >= 15 is 0 Å². The predicted molar refractivity (Wildman–Crippen MR) is 85.5 cm³/mol. The Morgan fingerprint density at radius 2 is 2.24 bits per heavy atom. The van der Waals surface area contributed by atoms with Gasteiger partial charge < -0.3 is 0 Å². The number of hydrogen-bond donors (Lipinski definition) is 2. The number of aryl methyl sites for hydroxylation is 2. The fraction of sp³-hybridized carbons (Fsp3) is 0.357. The largest absolute Gasteiger partial charge is 0.271 e. The highest BCUT2D eigenvalue weighted by Gasteiger charge is 2.21. The Bertz CT molecular complexity index is 644. The van der Waals surface area contributed by atoms with Gasteiger partial charge in [0.2, 0.25) is 0 Å². The predicted octanol–water partition coefficient (Wildman–Crippen LogP) is 3.28. The van der Waals surface area contributed by atoms with Crippen molar-refractivity contribution in [3.8, 4) is 0 Å². The first-order valence-electron chi connectivity index (χ1n) is 6.59. The third-order valence-corrected chi connectivity index (χ3v) is 4.77. The van der Waals surface area contributed by atoms with Crippen LogP contribution in [0.15, 0.2) is 22.7 Å². The third-order valence-electron chi connectivity index (χ3n) is 3.46. The van der Waals surface area contributed by atoms with Gasteiger partial charge in [0.25, 0.3) is 0 Å². The Morgan fingerprint density at radius 1 is 1.52 bits per heavy atom. The van der Waals surface area contributed by atoms with Crippen LogP contribution in [0.2, 0.25) is 5.02 Å². The topological polar surface area (TPSA) is 55.9 Å². The molecule has 0 radical (unpaired) electrons. The number of aromatic nitrogens is 2. The zero-order valence-corrected chi connectivity index (χ0v) is 14.2. The lowest BCUT2D eigenvalue weighted by Gasteiger charge is -2.18. The van der Waals surface area contributed by atoms with Crippen molar-refractivity contribution >= 4 is 27.5 Å². The lowest BCUT2D eigenvalue weighted by Crippen LogP contribution is -2.30. The molecule has 0 bridgehead atoms. The zero-order chi connectivity index (χ0) is 15.6. The molecule has 0 saturated carbocycles. The molecule has 21 heavy (non-hydrogen) atoms. The molecule has 4 nitrogen and oxygen atoms in total. The molecule has 0 saturated heterocycles. The molecular weight excluding hydrogens is 359 g/mol. The van der Waals surface area contributed by atoms with Crippen molar-refractivity contribution in [2.75, 3.05) is 0 Å². The van der Waals surface area contributed by atoms with Gasteiger partial charge in [-0.15, -0.1) is 0 Å². The van der Waals surface area contributed by atoms with Crippen LogP contribution in [-0.4, -0.2) is 9.78 Å². The van der Waals surface area contributed by atoms with Crippen molar-refractivity contribution < 1.29 is 4.39 Å². The van der Waals surface area contributed by atoms with Gasteiger partial charge in [-0.1, -0.05) is 30.7 Å². The second-order valence-electron chi connectivity index (χ2n) is 4.75. The first-order valence-corrected chi connectivity index (χ1v) is 7.76. The van der Waals surface area contributed by atoms with Crippen LogP contribution in [0, 0.1) is 5.82 Å². The quantitative estimate of drug-likeness (QED) is 0.623. The summed E-state index contributed by atoms with van der Waals surface area (Å²) < 4.78 is 16.4. The van der Waals surface area contributed by atoms with Crippen molar-refractivity contribution in [1.82, 2.24) is 15.2 Å². The van der Waals surface area contributed by atoms with E-state index in [1.165, 1.54) is 6.07 Å². The maximum Gasteiger partial charge on any atom is 0.142 e. The van der Waals surface area contributed by atoms with Crippen LogP contribution >= 0.6 is 27.5 Å². The zero-order valence-electron chi connectivity index (χ0n) is 11.8. The van der Waals surface area contributed by atoms with Crippen LogP contribution in [0.25, 0.3) is 0 Å². The van der Waals surface area contributed by atoms with E-state index in [4.69, 9.17) is 17.4 Å². The van der Waals surface area contributed by atoms with Crippen molar-refractivity contribution in [3.05, 3.63) is 50.5 Å². The molecule has 7 heteroatoms. The van der Waals surface area contributed by atoms with Gasteiger partial charge in [-0.3, -0.25) is 16.0 Å². The van der Waals surface area contributed by atoms with Gasteiger partial charge in [0.1, 0.15) is 5.82 Å². The molecule has 0 fully saturated rings. The molecule has 0 amide bonds. The van der Waals surface area contributed by atoms with Crippen LogP contribution in [0.3, 0.4) is 0 Å². The molecule has 1 aromatic carbocycles. The van der Waals surface area contributed by atoms with Crippen LogP contribution < -0.4 is 11.3 Å². The van der Waals surface area contributed by atoms with Crippen molar-refractivity contribution in [3.63, 3.8) is 0 Å². The number of rotatable bonds is 5. The van der Waals surface area contributed by atoms with Gasteiger partial charge >= 0.3 is 0 Å². The van der Waals surface area contributed by atoms with Crippen molar-refractivity contribution in [2.24, 2.45) is 12.9 Å². The van der Waals surface area contributed by atoms with Crippen LogP contribution in [0.5, 0.6) is 0 Å². The third kappa shape index (κ3) is 3.29. The molecule has 1 atom stereocenters. The molecule has 2 aromatic rings. The molecule has 1 unspecified atom stereocenters. The minimum atomic E-state index is -0.451. The average molecular weight is 376 g/mol. The van der Waals surface area contributed by atoms with Crippen molar-refractivity contribution in [1.29, 1.82) is 0 Å². The van der Waals surface area contributed by atoms with Crippen molar-refractivity contribution in [2.45, 2.75) is 25.8 Å².